The van der Waals surface area contributed by atoms with Crippen LogP contribution in [0.2, 0.25) is 0 Å². The van der Waals surface area contributed by atoms with Gasteiger partial charge in [0.2, 0.25) is 0 Å². The molecule has 4 aromatic rings. The maximum absolute atomic E-state index is 12.7. The summed E-state index contributed by atoms with van der Waals surface area (Å²) in [6.07, 6.45) is 1.61. The standard InChI is InChI=1S/C21H21N3O2S/c1-13-6-8-16(9-7-13)12-24-21-17(14(2)23-24)11-19(27-21)20(25)22-15(3)18-5-4-10-26-18/h4-11,15H,12H2,1-3H3,(H,22,25)/t15-/m0/s1. The summed E-state index contributed by atoms with van der Waals surface area (Å²) in [7, 11) is 0. The second kappa shape index (κ2) is 7.04. The minimum atomic E-state index is -0.178. The quantitative estimate of drug-likeness (QED) is 0.539. The molecule has 0 aliphatic carbocycles. The Balaban J connectivity index is 1.58. The highest BCUT2D eigenvalue weighted by atomic mass is 32.1. The van der Waals surface area contributed by atoms with Gasteiger partial charge in [0.1, 0.15) is 10.6 Å². The number of hydrogen-bond donors (Lipinski definition) is 1. The van der Waals surface area contributed by atoms with Crippen LogP contribution in [0.4, 0.5) is 0 Å². The van der Waals surface area contributed by atoms with Gasteiger partial charge >= 0.3 is 0 Å². The van der Waals surface area contributed by atoms with E-state index in [4.69, 9.17) is 4.42 Å². The molecule has 3 heterocycles. The van der Waals surface area contributed by atoms with Crippen molar-refractivity contribution in [2.45, 2.75) is 33.4 Å². The number of aryl methyl sites for hydroxylation is 2. The molecule has 0 aliphatic heterocycles. The molecule has 0 unspecified atom stereocenters. The normalized spacial score (nSPS) is 12.4. The Morgan fingerprint density at radius 2 is 2.04 bits per heavy atom. The molecule has 0 bridgehead atoms. The average molecular weight is 379 g/mol. The van der Waals surface area contributed by atoms with Crippen LogP contribution < -0.4 is 5.32 Å². The Kier molecular flexibility index (Phi) is 4.58. The minimum Gasteiger partial charge on any atom is -0.467 e. The van der Waals surface area contributed by atoms with Gasteiger partial charge in [-0.25, -0.2) is 0 Å². The summed E-state index contributed by atoms with van der Waals surface area (Å²) in [5.74, 6) is 0.646. The number of fused-ring (bicyclic) bond motifs is 1. The van der Waals surface area contributed by atoms with Crippen molar-refractivity contribution in [2.75, 3.05) is 0 Å². The first-order valence-electron chi connectivity index (χ1n) is 8.88. The van der Waals surface area contributed by atoms with Gasteiger partial charge in [0.05, 0.1) is 29.4 Å². The number of rotatable bonds is 5. The summed E-state index contributed by atoms with van der Waals surface area (Å²) in [5, 5.41) is 8.67. The predicted molar refractivity (Wildman–Crippen MR) is 107 cm³/mol. The number of carbonyl (C=O) groups excluding carboxylic acids is 1. The Morgan fingerprint density at radius 1 is 1.26 bits per heavy atom. The van der Waals surface area contributed by atoms with E-state index in [1.54, 1.807) is 6.26 Å². The van der Waals surface area contributed by atoms with Crippen LogP contribution in [-0.2, 0) is 6.54 Å². The van der Waals surface area contributed by atoms with Gasteiger partial charge in [0.15, 0.2) is 0 Å². The third-order valence-electron chi connectivity index (χ3n) is 4.60. The van der Waals surface area contributed by atoms with Gasteiger partial charge in [0, 0.05) is 5.39 Å². The third kappa shape index (κ3) is 3.53. The highest BCUT2D eigenvalue weighted by molar-refractivity contribution is 7.20. The molecule has 1 amide bonds. The minimum absolute atomic E-state index is 0.0959. The molecule has 1 aromatic carbocycles. The molecule has 1 N–H and O–H groups in total. The first kappa shape index (κ1) is 17.5. The number of carbonyl (C=O) groups is 1. The van der Waals surface area contributed by atoms with Crippen LogP contribution in [0.1, 0.15) is 45.2 Å². The van der Waals surface area contributed by atoms with Crippen LogP contribution in [0, 0.1) is 13.8 Å². The van der Waals surface area contributed by atoms with Crippen molar-refractivity contribution in [3.63, 3.8) is 0 Å². The molecular formula is C21H21N3O2S. The number of nitrogens with one attached hydrogen (secondary N) is 1. The van der Waals surface area contributed by atoms with Crippen LogP contribution in [0.15, 0.2) is 53.1 Å². The molecule has 0 aliphatic rings. The van der Waals surface area contributed by atoms with Gasteiger partial charge < -0.3 is 9.73 Å². The van der Waals surface area contributed by atoms with Crippen LogP contribution in [-0.4, -0.2) is 15.7 Å². The summed E-state index contributed by atoms with van der Waals surface area (Å²) < 4.78 is 7.34. The van der Waals surface area contributed by atoms with Gasteiger partial charge in [-0.15, -0.1) is 11.3 Å². The van der Waals surface area contributed by atoms with E-state index in [0.29, 0.717) is 11.4 Å². The average Bonchev–Trinajstić information content (AvgIpc) is 3.37. The molecule has 0 spiro atoms. The molecule has 0 saturated heterocycles. The molecule has 1 atom stereocenters. The number of benzene rings is 1. The van der Waals surface area contributed by atoms with Crippen LogP contribution >= 0.6 is 11.3 Å². The van der Waals surface area contributed by atoms with Crippen molar-refractivity contribution in [3.8, 4) is 0 Å². The Labute approximate surface area is 161 Å². The van der Waals surface area contributed by atoms with Gasteiger partial charge in [0.25, 0.3) is 5.91 Å². The van der Waals surface area contributed by atoms with E-state index in [1.165, 1.54) is 22.5 Å². The Morgan fingerprint density at radius 3 is 2.74 bits per heavy atom. The molecule has 0 radical (unpaired) electrons. The summed E-state index contributed by atoms with van der Waals surface area (Å²) in [4.78, 5) is 14.4. The number of furan rings is 1. The third-order valence-corrected chi connectivity index (χ3v) is 5.75. The lowest BCUT2D eigenvalue weighted by molar-refractivity contribution is 0.0939. The predicted octanol–water partition coefficient (Wildman–Crippen LogP) is 4.85. The summed E-state index contributed by atoms with van der Waals surface area (Å²) in [6, 6.07) is 13.9. The zero-order valence-electron chi connectivity index (χ0n) is 15.5. The molecule has 0 fully saturated rings. The van der Waals surface area contributed by atoms with Gasteiger partial charge in [-0.05, 0) is 44.5 Å². The fourth-order valence-electron chi connectivity index (χ4n) is 3.07. The first-order valence-corrected chi connectivity index (χ1v) is 9.69. The number of hydrogen-bond acceptors (Lipinski definition) is 4. The maximum Gasteiger partial charge on any atom is 0.262 e. The smallest absolute Gasteiger partial charge is 0.262 e. The van der Waals surface area contributed by atoms with Crippen molar-refractivity contribution in [1.82, 2.24) is 15.1 Å². The summed E-state index contributed by atoms with van der Waals surface area (Å²) in [6.45, 7) is 6.66. The lowest BCUT2D eigenvalue weighted by atomic mass is 10.1. The fraction of sp³-hybridized carbons (Fsp3) is 0.238. The van der Waals surface area contributed by atoms with E-state index < -0.39 is 0 Å². The topological polar surface area (TPSA) is 60.1 Å². The SMILES string of the molecule is Cc1ccc(Cn2nc(C)c3cc(C(=O)N[C@@H](C)c4ccco4)sc32)cc1. The number of thiophene rings is 1. The summed E-state index contributed by atoms with van der Waals surface area (Å²) in [5.41, 5.74) is 3.36. The van der Waals surface area contributed by atoms with E-state index in [-0.39, 0.29) is 11.9 Å². The molecule has 138 valence electrons. The Bertz CT molecular complexity index is 1070. The van der Waals surface area contributed by atoms with Crippen molar-refractivity contribution in [2.24, 2.45) is 0 Å². The van der Waals surface area contributed by atoms with Gasteiger partial charge in [-0.1, -0.05) is 29.8 Å². The summed E-state index contributed by atoms with van der Waals surface area (Å²) >= 11 is 1.47. The van der Waals surface area contributed by atoms with Crippen molar-refractivity contribution in [3.05, 3.63) is 76.2 Å². The Hall–Kier alpha value is -2.86. The largest absolute Gasteiger partial charge is 0.467 e. The highest BCUT2D eigenvalue weighted by Crippen LogP contribution is 2.29. The van der Waals surface area contributed by atoms with Crippen molar-refractivity contribution < 1.29 is 9.21 Å². The van der Waals surface area contributed by atoms with Crippen molar-refractivity contribution in [1.29, 1.82) is 0 Å². The number of nitrogens with zero attached hydrogens (tertiary/aromatic N) is 2. The van der Waals surface area contributed by atoms with Crippen LogP contribution in [0.3, 0.4) is 0 Å². The molecule has 6 heteroatoms. The molecular weight excluding hydrogens is 358 g/mol. The van der Waals surface area contributed by atoms with E-state index in [9.17, 15) is 4.79 Å². The first-order chi connectivity index (χ1) is 13.0. The van der Waals surface area contributed by atoms with Crippen LogP contribution in [0.5, 0.6) is 0 Å². The number of aromatic nitrogens is 2. The maximum atomic E-state index is 12.7. The molecule has 0 saturated carbocycles. The number of amides is 1. The van der Waals surface area contributed by atoms with E-state index in [0.717, 1.165) is 21.7 Å². The van der Waals surface area contributed by atoms with Crippen LogP contribution in [0.25, 0.3) is 10.2 Å². The second-order valence-electron chi connectivity index (χ2n) is 6.77. The fourth-order valence-corrected chi connectivity index (χ4v) is 4.14. The molecule has 3 aromatic heterocycles. The van der Waals surface area contributed by atoms with Gasteiger partial charge in [-0.2, -0.15) is 5.10 Å². The highest BCUT2D eigenvalue weighted by Gasteiger charge is 2.19. The molecule has 5 nitrogen and oxygen atoms in total. The zero-order chi connectivity index (χ0) is 19.0. The lowest BCUT2D eigenvalue weighted by Gasteiger charge is -2.10. The second-order valence-corrected chi connectivity index (χ2v) is 7.80. The zero-order valence-corrected chi connectivity index (χ0v) is 16.3. The van der Waals surface area contributed by atoms with E-state index in [1.807, 2.05) is 36.7 Å². The molecule has 4 rings (SSSR count). The monoisotopic (exact) mass is 379 g/mol. The van der Waals surface area contributed by atoms with E-state index >= 15 is 0 Å². The molecule has 27 heavy (non-hydrogen) atoms. The van der Waals surface area contributed by atoms with Crippen molar-refractivity contribution >= 4 is 27.5 Å². The lowest BCUT2D eigenvalue weighted by Crippen LogP contribution is -2.25. The van der Waals surface area contributed by atoms with Gasteiger partial charge in [-0.3, -0.25) is 9.48 Å². The van der Waals surface area contributed by atoms with E-state index in [2.05, 4.69) is 41.6 Å².